The number of aryl methyl sites for hydroxylation is 1. The van der Waals surface area contributed by atoms with Gasteiger partial charge in [-0.05, 0) is 43.2 Å². The van der Waals surface area contributed by atoms with Gasteiger partial charge in [-0.25, -0.2) is 4.98 Å². The summed E-state index contributed by atoms with van der Waals surface area (Å²) in [5, 5.41) is 15.5. The minimum absolute atomic E-state index is 0.184. The molecule has 0 aliphatic heterocycles. The van der Waals surface area contributed by atoms with Gasteiger partial charge in [0, 0.05) is 30.7 Å². The van der Waals surface area contributed by atoms with E-state index in [1.807, 2.05) is 41.8 Å². The topological polar surface area (TPSA) is 95.1 Å². The second-order valence-electron chi connectivity index (χ2n) is 7.07. The Morgan fingerprint density at radius 2 is 2.21 bits per heavy atom. The predicted octanol–water partition coefficient (Wildman–Crippen LogP) is 5.00. The smallest absolute Gasteiger partial charge is 0.270 e. The van der Waals surface area contributed by atoms with Crippen LogP contribution < -0.4 is 5.32 Å². The van der Waals surface area contributed by atoms with Crippen molar-refractivity contribution in [3.05, 3.63) is 63.3 Å². The largest absolute Gasteiger partial charge is 0.461 e. The summed E-state index contributed by atoms with van der Waals surface area (Å²) >= 11 is 9.20. The summed E-state index contributed by atoms with van der Waals surface area (Å²) < 4.78 is 12.5. The van der Waals surface area contributed by atoms with Gasteiger partial charge in [0.1, 0.15) is 10.7 Å². The predicted molar refractivity (Wildman–Crippen MR) is 129 cm³/mol. The molecule has 3 aromatic heterocycles. The summed E-state index contributed by atoms with van der Waals surface area (Å²) in [4.78, 5) is 16.7. The molecule has 3 heterocycles. The lowest BCUT2D eigenvalue weighted by atomic mass is 10.2. The SMILES string of the molecule is COCCCNC(=O)c1csc(CSc2nnc(-c3ccco3)n2-c2cc(Cl)ccc2C)n1. The summed E-state index contributed by atoms with van der Waals surface area (Å²) in [6.45, 7) is 3.16. The number of aromatic nitrogens is 4. The first-order valence-electron chi connectivity index (χ1n) is 10.2. The lowest BCUT2D eigenvalue weighted by Gasteiger charge is -2.12. The average Bonchev–Trinajstić information content (AvgIpc) is 3.57. The van der Waals surface area contributed by atoms with Crippen LogP contribution in [0, 0.1) is 6.92 Å². The third kappa shape index (κ3) is 5.64. The molecule has 172 valence electrons. The molecule has 0 unspecified atom stereocenters. The monoisotopic (exact) mass is 503 g/mol. The average molecular weight is 504 g/mol. The van der Waals surface area contributed by atoms with Crippen LogP contribution in [0.5, 0.6) is 0 Å². The van der Waals surface area contributed by atoms with Crippen LogP contribution >= 0.6 is 34.7 Å². The molecule has 33 heavy (non-hydrogen) atoms. The summed E-state index contributed by atoms with van der Waals surface area (Å²) in [5.74, 6) is 1.55. The number of ether oxygens (including phenoxy) is 1. The lowest BCUT2D eigenvalue weighted by molar-refractivity contribution is 0.0944. The second-order valence-corrected chi connectivity index (χ2v) is 9.39. The number of amides is 1. The number of thioether (sulfide) groups is 1. The molecule has 0 bridgehead atoms. The number of rotatable bonds is 10. The van der Waals surface area contributed by atoms with Gasteiger partial charge in [0.05, 0.1) is 17.7 Å². The minimum atomic E-state index is -0.184. The Bertz CT molecular complexity index is 1220. The second kappa shape index (κ2) is 11.0. The number of nitrogens with one attached hydrogen (secondary N) is 1. The van der Waals surface area contributed by atoms with Gasteiger partial charge in [-0.1, -0.05) is 29.4 Å². The van der Waals surface area contributed by atoms with Crippen molar-refractivity contribution in [1.29, 1.82) is 0 Å². The molecule has 11 heteroatoms. The van der Waals surface area contributed by atoms with Gasteiger partial charge in [0.25, 0.3) is 5.91 Å². The maximum absolute atomic E-state index is 12.3. The van der Waals surface area contributed by atoms with E-state index in [9.17, 15) is 4.79 Å². The van der Waals surface area contributed by atoms with Crippen LogP contribution in [0.1, 0.15) is 27.5 Å². The number of carbonyl (C=O) groups is 1. The molecular formula is C22H22ClN5O3S2. The van der Waals surface area contributed by atoms with Crippen LogP contribution in [0.15, 0.2) is 51.5 Å². The highest BCUT2D eigenvalue weighted by Gasteiger charge is 2.20. The van der Waals surface area contributed by atoms with Crippen molar-refractivity contribution in [2.45, 2.75) is 24.3 Å². The highest BCUT2D eigenvalue weighted by Crippen LogP contribution is 2.32. The maximum Gasteiger partial charge on any atom is 0.270 e. The molecule has 8 nitrogen and oxygen atoms in total. The van der Waals surface area contributed by atoms with Gasteiger partial charge in [0.15, 0.2) is 10.9 Å². The molecule has 0 saturated heterocycles. The zero-order valence-corrected chi connectivity index (χ0v) is 20.5. The zero-order chi connectivity index (χ0) is 23.2. The lowest BCUT2D eigenvalue weighted by Crippen LogP contribution is -2.25. The van der Waals surface area contributed by atoms with Crippen LogP contribution in [0.4, 0.5) is 0 Å². The van der Waals surface area contributed by atoms with Crippen LogP contribution in [-0.4, -0.2) is 45.9 Å². The van der Waals surface area contributed by atoms with E-state index in [1.165, 1.54) is 23.1 Å². The fourth-order valence-corrected chi connectivity index (χ4v) is 4.99. The van der Waals surface area contributed by atoms with E-state index >= 15 is 0 Å². The van der Waals surface area contributed by atoms with Crippen molar-refractivity contribution in [3.8, 4) is 17.3 Å². The quantitative estimate of drug-likeness (QED) is 0.240. The zero-order valence-electron chi connectivity index (χ0n) is 18.1. The molecule has 0 atom stereocenters. The third-order valence-electron chi connectivity index (χ3n) is 4.71. The Labute approximate surface area is 204 Å². The van der Waals surface area contributed by atoms with E-state index in [4.69, 9.17) is 20.8 Å². The molecule has 0 aliphatic rings. The van der Waals surface area contributed by atoms with E-state index in [0.717, 1.165) is 22.7 Å². The van der Waals surface area contributed by atoms with E-state index in [0.29, 0.717) is 46.4 Å². The first kappa shape index (κ1) is 23.5. The van der Waals surface area contributed by atoms with Crippen molar-refractivity contribution >= 4 is 40.6 Å². The van der Waals surface area contributed by atoms with Gasteiger partial charge >= 0.3 is 0 Å². The Morgan fingerprint density at radius 1 is 1.33 bits per heavy atom. The molecule has 0 spiro atoms. The number of furan rings is 1. The van der Waals surface area contributed by atoms with Crippen molar-refractivity contribution in [2.75, 3.05) is 20.3 Å². The highest BCUT2D eigenvalue weighted by atomic mass is 35.5. The fourth-order valence-electron chi connectivity index (χ4n) is 3.09. The van der Waals surface area contributed by atoms with Gasteiger partial charge < -0.3 is 14.5 Å². The molecule has 0 radical (unpaired) electrons. The van der Waals surface area contributed by atoms with E-state index in [1.54, 1.807) is 18.8 Å². The molecule has 1 N–H and O–H groups in total. The van der Waals surface area contributed by atoms with Crippen molar-refractivity contribution in [3.63, 3.8) is 0 Å². The molecule has 1 aromatic carbocycles. The summed E-state index contributed by atoms with van der Waals surface area (Å²) in [5.41, 5.74) is 2.31. The summed E-state index contributed by atoms with van der Waals surface area (Å²) in [6, 6.07) is 9.33. The van der Waals surface area contributed by atoms with E-state index in [2.05, 4.69) is 20.5 Å². The number of nitrogens with zero attached hydrogens (tertiary/aromatic N) is 4. The standard InChI is InChI=1S/C22H22ClN5O3S2/c1-14-6-7-15(23)11-17(14)28-20(18-5-3-10-31-18)26-27-22(28)33-13-19-25-16(12-32-19)21(29)24-8-4-9-30-2/h3,5-7,10-12H,4,8-9,13H2,1-2H3,(H,24,29). The molecule has 1 amide bonds. The normalized spacial score (nSPS) is 11.1. The number of halogens is 1. The van der Waals surface area contributed by atoms with Gasteiger partial charge in [0.2, 0.25) is 5.82 Å². The van der Waals surface area contributed by atoms with Crippen molar-refractivity contribution in [1.82, 2.24) is 25.1 Å². The number of thiazole rings is 1. The number of benzene rings is 1. The summed E-state index contributed by atoms with van der Waals surface area (Å²) in [6.07, 6.45) is 2.36. The van der Waals surface area contributed by atoms with Crippen LogP contribution in [0.2, 0.25) is 5.02 Å². The van der Waals surface area contributed by atoms with Gasteiger partial charge in [-0.15, -0.1) is 21.5 Å². The maximum atomic E-state index is 12.3. The van der Waals surface area contributed by atoms with E-state index in [-0.39, 0.29) is 5.91 Å². The van der Waals surface area contributed by atoms with E-state index < -0.39 is 0 Å². The number of hydrogen-bond acceptors (Lipinski definition) is 8. The molecule has 0 saturated carbocycles. The number of hydrogen-bond donors (Lipinski definition) is 1. The minimum Gasteiger partial charge on any atom is -0.461 e. The molecule has 0 fully saturated rings. The fraction of sp³-hybridized carbons (Fsp3) is 0.273. The molecular weight excluding hydrogens is 482 g/mol. The van der Waals surface area contributed by atoms with Crippen LogP contribution in [-0.2, 0) is 10.5 Å². The molecule has 0 aliphatic carbocycles. The first-order chi connectivity index (χ1) is 16.1. The molecule has 4 aromatic rings. The van der Waals surface area contributed by atoms with Crippen molar-refractivity contribution in [2.24, 2.45) is 0 Å². The van der Waals surface area contributed by atoms with Crippen LogP contribution in [0.3, 0.4) is 0 Å². The van der Waals surface area contributed by atoms with Gasteiger partial charge in [-0.3, -0.25) is 9.36 Å². The molecule has 4 rings (SSSR count). The first-order valence-corrected chi connectivity index (χ1v) is 12.4. The number of carbonyl (C=O) groups excluding carboxylic acids is 1. The Kier molecular flexibility index (Phi) is 7.81. The Balaban J connectivity index is 1.53. The highest BCUT2D eigenvalue weighted by molar-refractivity contribution is 7.98. The Hall–Kier alpha value is -2.66. The summed E-state index contributed by atoms with van der Waals surface area (Å²) in [7, 11) is 1.64. The Morgan fingerprint density at radius 3 is 3.00 bits per heavy atom. The van der Waals surface area contributed by atoms with Crippen LogP contribution in [0.25, 0.3) is 17.3 Å². The van der Waals surface area contributed by atoms with Crippen molar-refractivity contribution < 1.29 is 13.9 Å². The van der Waals surface area contributed by atoms with Gasteiger partial charge in [-0.2, -0.15) is 0 Å². The number of methoxy groups -OCH3 is 1. The third-order valence-corrected chi connectivity index (χ3v) is 6.91.